The highest BCUT2D eigenvalue weighted by molar-refractivity contribution is 7.88. The summed E-state index contributed by atoms with van der Waals surface area (Å²) in [4.78, 5) is 5.33. The smallest absolute Gasteiger partial charge is 0.216 e. The average molecular weight is 349 g/mol. The molecule has 0 saturated carbocycles. The maximum Gasteiger partial charge on any atom is 0.216 e. The van der Waals surface area contributed by atoms with Crippen LogP contribution < -0.4 is 4.72 Å². The molecule has 0 radical (unpaired) electrons. The number of hydrogen-bond acceptors (Lipinski definition) is 4. The van der Waals surface area contributed by atoms with Gasteiger partial charge in [-0.05, 0) is 31.5 Å². The monoisotopic (exact) mass is 348 g/mol. The zero-order chi connectivity index (χ0) is 15.6. The summed E-state index contributed by atoms with van der Waals surface area (Å²) in [6.07, 6.45) is 0. The van der Waals surface area contributed by atoms with Crippen molar-refractivity contribution < 1.29 is 12.8 Å². The van der Waals surface area contributed by atoms with Crippen LogP contribution >= 0.6 is 22.9 Å². The van der Waals surface area contributed by atoms with Gasteiger partial charge >= 0.3 is 0 Å². The van der Waals surface area contributed by atoms with Crippen molar-refractivity contribution in [3.63, 3.8) is 0 Å². The molecule has 21 heavy (non-hydrogen) atoms. The minimum absolute atomic E-state index is 0.0890. The van der Waals surface area contributed by atoms with Crippen LogP contribution in [0.2, 0.25) is 5.02 Å². The second-order valence-corrected chi connectivity index (χ2v) is 8.08. The maximum atomic E-state index is 13.0. The lowest BCUT2D eigenvalue weighted by Gasteiger charge is -2.06. The Hall–Kier alpha value is -1.02. The summed E-state index contributed by atoms with van der Waals surface area (Å²) < 4.78 is 39.5. The molecular formula is C13H14ClFN2O2S2. The van der Waals surface area contributed by atoms with Crippen molar-refractivity contribution >= 4 is 33.0 Å². The van der Waals surface area contributed by atoms with E-state index in [9.17, 15) is 12.8 Å². The van der Waals surface area contributed by atoms with Gasteiger partial charge in [-0.25, -0.2) is 22.5 Å². The van der Waals surface area contributed by atoms with Crippen LogP contribution in [0.3, 0.4) is 0 Å². The highest BCUT2D eigenvalue weighted by atomic mass is 35.5. The molecule has 1 heterocycles. The minimum atomic E-state index is -3.53. The first kappa shape index (κ1) is 16.4. The largest absolute Gasteiger partial charge is 0.245 e. The molecule has 2 aromatic rings. The Kier molecular flexibility index (Phi) is 4.98. The number of benzene rings is 1. The van der Waals surface area contributed by atoms with Crippen LogP contribution in [-0.4, -0.2) is 13.4 Å². The van der Waals surface area contributed by atoms with Gasteiger partial charge in [0.05, 0.1) is 23.0 Å². The van der Waals surface area contributed by atoms with Crippen molar-refractivity contribution in [2.24, 2.45) is 0 Å². The molecule has 0 aliphatic heterocycles. The molecular weight excluding hydrogens is 335 g/mol. The van der Waals surface area contributed by atoms with E-state index in [-0.39, 0.29) is 17.3 Å². The molecule has 0 saturated heterocycles. The fourth-order valence-electron chi connectivity index (χ4n) is 1.69. The van der Waals surface area contributed by atoms with Gasteiger partial charge in [0.15, 0.2) is 0 Å². The summed E-state index contributed by atoms with van der Waals surface area (Å²) in [5.41, 5.74) is 1.33. The zero-order valence-corrected chi connectivity index (χ0v) is 13.9. The second-order valence-electron chi connectivity index (χ2n) is 4.58. The molecule has 114 valence electrons. The molecule has 8 heteroatoms. The molecule has 0 amide bonds. The molecule has 1 N–H and O–H groups in total. The molecule has 4 nitrogen and oxygen atoms in total. The van der Waals surface area contributed by atoms with Gasteiger partial charge in [-0.1, -0.05) is 17.7 Å². The van der Waals surface area contributed by atoms with Crippen molar-refractivity contribution in [3.8, 4) is 0 Å². The Bertz CT molecular complexity index is 740. The molecule has 2 rings (SSSR count). The van der Waals surface area contributed by atoms with Crippen molar-refractivity contribution in [1.82, 2.24) is 9.71 Å². The van der Waals surface area contributed by atoms with Gasteiger partial charge in [0.25, 0.3) is 0 Å². The van der Waals surface area contributed by atoms with Crippen LogP contribution in [0.1, 0.15) is 21.1 Å². The number of halogens is 2. The zero-order valence-electron chi connectivity index (χ0n) is 11.5. The molecule has 1 aromatic heterocycles. The van der Waals surface area contributed by atoms with E-state index in [0.717, 1.165) is 16.6 Å². The Morgan fingerprint density at radius 2 is 2.10 bits per heavy atom. The summed E-state index contributed by atoms with van der Waals surface area (Å²) in [5, 5.41) is 0.625. The fraction of sp³-hybridized carbons (Fsp3) is 0.308. The van der Waals surface area contributed by atoms with Gasteiger partial charge in [-0.3, -0.25) is 0 Å². The molecule has 1 aromatic carbocycles. The topological polar surface area (TPSA) is 59.1 Å². The van der Waals surface area contributed by atoms with Crippen molar-refractivity contribution in [1.29, 1.82) is 0 Å². The van der Waals surface area contributed by atoms with E-state index in [4.69, 9.17) is 11.6 Å². The number of hydrogen-bond donors (Lipinski definition) is 1. The van der Waals surface area contributed by atoms with Crippen molar-refractivity contribution in [3.05, 3.63) is 50.2 Å². The van der Waals surface area contributed by atoms with Crippen LogP contribution in [0.25, 0.3) is 0 Å². The van der Waals surface area contributed by atoms with Gasteiger partial charge in [-0.15, -0.1) is 11.3 Å². The number of thiazole rings is 1. The number of nitrogens with zero attached hydrogens (tertiary/aromatic N) is 1. The van der Waals surface area contributed by atoms with E-state index in [1.165, 1.54) is 23.5 Å². The lowest BCUT2D eigenvalue weighted by molar-refractivity contribution is 0.580. The van der Waals surface area contributed by atoms with Crippen molar-refractivity contribution in [2.75, 3.05) is 0 Å². The number of aryl methyl sites for hydroxylation is 2. The SMILES string of the molecule is Cc1nc(CNS(=O)(=O)Cc2ccc(F)c(Cl)c2)sc1C. The van der Waals surface area contributed by atoms with E-state index in [1.54, 1.807) is 0 Å². The first-order chi connectivity index (χ1) is 9.77. The first-order valence-electron chi connectivity index (χ1n) is 6.11. The Morgan fingerprint density at radius 3 is 2.67 bits per heavy atom. The quantitative estimate of drug-likeness (QED) is 0.902. The number of rotatable bonds is 5. The van der Waals surface area contributed by atoms with Crippen LogP contribution in [-0.2, 0) is 22.3 Å². The van der Waals surface area contributed by atoms with Gasteiger partial charge < -0.3 is 0 Å². The Balaban J connectivity index is 2.03. The normalized spacial score (nSPS) is 11.8. The van der Waals surface area contributed by atoms with Crippen LogP contribution in [0.4, 0.5) is 4.39 Å². The predicted molar refractivity (Wildman–Crippen MR) is 82.5 cm³/mol. The third-order valence-corrected chi connectivity index (χ3v) is 5.52. The minimum Gasteiger partial charge on any atom is -0.245 e. The Morgan fingerprint density at radius 1 is 1.38 bits per heavy atom. The van der Waals surface area contributed by atoms with Gasteiger partial charge in [0.1, 0.15) is 10.8 Å². The predicted octanol–water partition coefficient (Wildman–Crippen LogP) is 3.17. The third-order valence-electron chi connectivity index (χ3n) is 2.86. The van der Waals surface area contributed by atoms with Gasteiger partial charge in [-0.2, -0.15) is 0 Å². The van der Waals surface area contributed by atoms with E-state index < -0.39 is 15.8 Å². The summed E-state index contributed by atoms with van der Waals surface area (Å²) in [7, 11) is -3.53. The van der Waals surface area contributed by atoms with Crippen LogP contribution in [0.15, 0.2) is 18.2 Å². The number of sulfonamides is 1. The Labute approximate surface area is 132 Å². The van der Waals surface area contributed by atoms with Crippen molar-refractivity contribution in [2.45, 2.75) is 26.1 Å². The first-order valence-corrected chi connectivity index (χ1v) is 8.95. The molecule has 0 bridgehead atoms. The summed E-state index contributed by atoms with van der Waals surface area (Å²) in [6.45, 7) is 3.96. The second kappa shape index (κ2) is 6.39. The van der Waals surface area contributed by atoms with E-state index >= 15 is 0 Å². The van der Waals surface area contributed by atoms with E-state index in [2.05, 4.69) is 9.71 Å². The highest BCUT2D eigenvalue weighted by Gasteiger charge is 2.14. The summed E-state index contributed by atoms with van der Waals surface area (Å²) in [5.74, 6) is -0.824. The standard InChI is InChI=1S/C13H14ClFN2O2S2/c1-8-9(2)20-13(17-8)6-16-21(18,19)7-10-3-4-12(15)11(14)5-10/h3-5,16H,6-7H2,1-2H3. The third kappa shape index (κ3) is 4.47. The van der Waals surface area contributed by atoms with Crippen LogP contribution in [0.5, 0.6) is 0 Å². The van der Waals surface area contributed by atoms with E-state index in [0.29, 0.717) is 10.6 Å². The molecule has 0 aliphatic carbocycles. The van der Waals surface area contributed by atoms with E-state index in [1.807, 2.05) is 13.8 Å². The summed E-state index contributed by atoms with van der Waals surface area (Å²) in [6, 6.07) is 3.87. The number of aromatic nitrogens is 1. The molecule has 0 unspecified atom stereocenters. The lowest BCUT2D eigenvalue weighted by atomic mass is 10.2. The molecule has 0 aliphatic rings. The maximum absolute atomic E-state index is 13.0. The fourth-order valence-corrected chi connectivity index (χ4v) is 3.93. The lowest BCUT2D eigenvalue weighted by Crippen LogP contribution is -2.24. The van der Waals surface area contributed by atoms with Gasteiger partial charge in [0, 0.05) is 4.88 Å². The highest BCUT2D eigenvalue weighted by Crippen LogP contribution is 2.18. The number of nitrogens with one attached hydrogen (secondary N) is 1. The van der Waals surface area contributed by atoms with Gasteiger partial charge in [0.2, 0.25) is 10.0 Å². The summed E-state index contributed by atoms with van der Waals surface area (Å²) >= 11 is 7.09. The molecule has 0 spiro atoms. The average Bonchev–Trinajstić information content (AvgIpc) is 2.71. The molecule has 0 atom stereocenters. The van der Waals surface area contributed by atoms with Crippen LogP contribution in [0, 0.1) is 19.7 Å². The molecule has 0 fully saturated rings.